The number of carbonyl (C=O) groups excluding carboxylic acids is 2. The number of nitrogens with zero attached hydrogens (tertiary/aromatic N) is 1. The van der Waals surface area contributed by atoms with E-state index in [9.17, 15) is 9.59 Å². The average molecular weight is 216 g/mol. The van der Waals surface area contributed by atoms with E-state index in [1.807, 2.05) is 0 Å². The first-order valence-electron chi connectivity index (χ1n) is 4.81. The van der Waals surface area contributed by atoms with Gasteiger partial charge in [-0.3, -0.25) is 14.6 Å². The van der Waals surface area contributed by atoms with Gasteiger partial charge < -0.3 is 15.6 Å². The van der Waals surface area contributed by atoms with Crippen LogP contribution >= 0.6 is 0 Å². The van der Waals surface area contributed by atoms with Crippen LogP contribution in [0.25, 0.3) is 0 Å². The van der Waals surface area contributed by atoms with Gasteiger partial charge in [0.2, 0.25) is 0 Å². The minimum atomic E-state index is -0.301. The van der Waals surface area contributed by atoms with E-state index in [4.69, 9.17) is 0 Å². The number of aliphatic imine (C=N–C) groups is 1. The molecule has 0 aromatic carbocycles. The Balaban J connectivity index is 2.10. The Morgan fingerprint density at radius 1 is 1.19 bits per heavy atom. The number of fused-ring (bicyclic) bond motifs is 2. The zero-order valence-corrected chi connectivity index (χ0v) is 8.20. The van der Waals surface area contributed by atoms with E-state index in [0.717, 1.165) is 0 Å². The van der Waals surface area contributed by atoms with E-state index in [1.165, 1.54) is 0 Å². The number of rotatable bonds is 0. The summed E-state index contributed by atoms with van der Waals surface area (Å²) in [4.78, 5) is 30.3. The lowest BCUT2D eigenvalue weighted by Gasteiger charge is -2.14. The summed E-state index contributed by atoms with van der Waals surface area (Å²) in [5.41, 5.74) is 1.57. The van der Waals surface area contributed by atoms with Gasteiger partial charge in [0.25, 0.3) is 11.8 Å². The molecular weight excluding hydrogens is 208 g/mol. The third-order valence-corrected chi connectivity index (χ3v) is 2.49. The molecule has 0 unspecified atom stereocenters. The highest BCUT2D eigenvalue weighted by Crippen LogP contribution is 2.18. The molecule has 0 atom stereocenters. The number of H-pyrrole nitrogens is 1. The van der Waals surface area contributed by atoms with Crippen molar-refractivity contribution in [3.8, 4) is 0 Å². The van der Waals surface area contributed by atoms with Crippen LogP contribution in [0, 0.1) is 0 Å². The fourth-order valence-corrected chi connectivity index (χ4v) is 1.74. The normalized spacial score (nSPS) is 18.5. The Morgan fingerprint density at radius 3 is 2.94 bits per heavy atom. The molecule has 6 heteroatoms. The van der Waals surface area contributed by atoms with Gasteiger partial charge in [0, 0.05) is 6.20 Å². The summed E-state index contributed by atoms with van der Waals surface area (Å²) in [5, 5.41) is 5.29. The van der Waals surface area contributed by atoms with Crippen LogP contribution in [0.2, 0.25) is 0 Å². The van der Waals surface area contributed by atoms with Crippen LogP contribution in [0.4, 0.5) is 5.69 Å². The lowest BCUT2D eigenvalue weighted by atomic mass is 10.2. The highest BCUT2D eigenvalue weighted by Gasteiger charge is 2.27. The molecule has 16 heavy (non-hydrogen) atoms. The first kappa shape index (κ1) is 8.90. The summed E-state index contributed by atoms with van der Waals surface area (Å²) in [6.45, 7) is 0.423. The van der Waals surface area contributed by atoms with E-state index in [0.29, 0.717) is 23.6 Å². The maximum Gasteiger partial charge on any atom is 0.276 e. The zero-order valence-electron chi connectivity index (χ0n) is 8.20. The standard InChI is InChI=1S/C10H8N4O2/c15-9-7-5(1-3-11-7)13-10(16)8-6(14-9)2-4-12-8/h1-3,11H,4H2,(H,13,16)(H,14,15). The predicted octanol–water partition coefficient (Wildman–Crippen LogP) is 0.0351. The van der Waals surface area contributed by atoms with Crippen molar-refractivity contribution < 1.29 is 9.59 Å². The number of amides is 2. The maximum atomic E-state index is 11.8. The number of hydrogen-bond donors (Lipinski definition) is 3. The predicted molar refractivity (Wildman–Crippen MR) is 57.3 cm³/mol. The average Bonchev–Trinajstić information content (AvgIpc) is 2.84. The minimum absolute atomic E-state index is 0.277. The van der Waals surface area contributed by atoms with Crippen LogP contribution in [-0.4, -0.2) is 29.1 Å². The van der Waals surface area contributed by atoms with Crippen LogP contribution in [0.1, 0.15) is 10.5 Å². The minimum Gasteiger partial charge on any atom is -0.355 e. The number of aromatic nitrogens is 1. The molecule has 0 bridgehead atoms. The zero-order chi connectivity index (χ0) is 11.1. The molecule has 3 N–H and O–H groups in total. The van der Waals surface area contributed by atoms with Crippen LogP contribution in [0.3, 0.4) is 0 Å². The molecule has 2 aliphatic heterocycles. The fourth-order valence-electron chi connectivity index (χ4n) is 1.74. The van der Waals surface area contributed by atoms with Crippen molar-refractivity contribution in [3.63, 3.8) is 0 Å². The molecule has 2 amide bonds. The molecule has 2 aliphatic rings. The summed E-state index contributed by atoms with van der Waals surface area (Å²) in [5.74, 6) is -0.578. The van der Waals surface area contributed by atoms with Crippen LogP contribution < -0.4 is 10.6 Å². The molecule has 0 radical (unpaired) electrons. The highest BCUT2D eigenvalue weighted by atomic mass is 16.2. The summed E-state index contributed by atoms with van der Waals surface area (Å²) in [6.07, 6.45) is 3.31. The van der Waals surface area contributed by atoms with Crippen molar-refractivity contribution >= 4 is 23.2 Å². The summed E-state index contributed by atoms with van der Waals surface area (Å²) < 4.78 is 0. The molecule has 0 spiro atoms. The van der Waals surface area contributed by atoms with E-state index in [-0.39, 0.29) is 17.5 Å². The molecule has 3 rings (SSSR count). The van der Waals surface area contributed by atoms with Gasteiger partial charge in [0.1, 0.15) is 11.4 Å². The number of anilines is 1. The third kappa shape index (κ3) is 1.16. The Labute approximate surface area is 90.4 Å². The molecule has 0 aliphatic carbocycles. The van der Waals surface area contributed by atoms with Crippen molar-refractivity contribution in [1.29, 1.82) is 0 Å². The molecule has 80 valence electrons. The van der Waals surface area contributed by atoms with Crippen LogP contribution in [0.15, 0.2) is 29.0 Å². The SMILES string of the molecule is O=C1Nc2cc[nH]c2C(=O)NC2=CCN=C12. The second-order valence-corrected chi connectivity index (χ2v) is 3.48. The van der Waals surface area contributed by atoms with E-state index >= 15 is 0 Å². The van der Waals surface area contributed by atoms with Crippen LogP contribution in [0.5, 0.6) is 0 Å². The molecular formula is C10H8N4O2. The lowest BCUT2D eigenvalue weighted by Crippen LogP contribution is -2.36. The Hall–Kier alpha value is -2.37. The van der Waals surface area contributed by atoms with Gasteiger partial charge in [-0.15, -0.1) is 0 Å². The second-order valence-electron chi connectivity index (χ2n) is 3.48. The molecule has 0 saturated carbocycles. The first-order valence-corrected chi connectivity index (χ1v) is 4.81. The topological polar surface area (TPSA) is 86.3 Å². The van der Waals surface area contributed by atoms with E-state index in [2.05, 4.69) is 20.6 Å². The van der Waals surface area contributed by atoms with Crippen molar-refractivity contribution in [2.75, 3.05) is 11.9 Å². The molecule has 0 saturated heterocycles. The Morgan fingerprint density at radius 2 is 2.06 bits per heavy atom. The largest absolute Gasteiger partial charge is 0.355 e. The van der Waals surface area contributed by atoms with Gasteiger partial charge in [-0.05, 0) is 12.1 Å². The molecule has 0 fully saturated rings. The highest BCUT2D eigenvalue weighted by molar-refractivity contribution is 6.50. The summed E-state index contributed by atoms with van der Waals surface area (Å²) in [6, 6.07) is 1.64. The smallest absolute Gasteiger partial charge is 0.276 e. The van der Waals surface area contributed by atoms with Gasteiger partial charge in [-0.2, -0.15) is 0 Å². The molecule has 1 aromatic rings. The molecule has 6 nitrogen and oxygen atoms in total. The van der Waals surface area contributed by atoms with Gasteiger partial charge in [-0.25, -0.2) is 0 Å². The number of nitrogens with one attached hydrogen (secondary N) is 3. The van der Waals surface area contributed by atoms with Crippen molar-refractivity contribution in [3.05, 3.63) is 29.7 Å². The number of carbonyl (C=O) groups is 2. The second kappa shape index (κ2) is 3.06. The van der Waals surface area contributed by atoms with Gasteiger partial charge in [0.15, 0.2) is 0 Å². The number of hydrogen-bond acceptors (Lipinski definition) is 3. The van der Waals surface area contributed by atoms with Crippen molar-refractivity contribution in [1.82, 2.24) is 10.3 Å². The van der Waals surface area contributed by atoms with Gasteiger partial charge in [0.05, 0.1) is 17.9 Å². The third-order valence-electron chi connectivity index (χ3n) is 2.49. The monoisotopic (exact) mass is 216 g/mol. The van der Waals surface area contributed by atoms with E-state index in [1.54, 1.807) is 18.3 Å². The van der Waals surface area contributed by atoms with Gasteiger partial charge >= 0.3 is 0 Å². The van der Waals surface area contributed by atoms with E-state index < -0.39 is 0 Å². The van der Waals surface area contributed by atoms with Crippen molar-refractivity contribution in [2.24, 2.45) is 4.99 Å². The summed E-state index contributed by atoms with van der Waals surface area (Å²) in [7, 11) is 0. The Bertz CT molecular complexity index is 553. The maximum absolute atomic E-state index is 11.8. The van der Waals surface area contributed by atoms with Crippen molar-refractivity contribution in [2.45, 2.75) is 0 Å². The van der Waals surface area contributed by atoms with Crippen LogP contribution in [-0.2, 0) is 4.79 Å². The first-order chi connectivity index (χ1) is 7.75. The fraction of sp³-hybridized carbons (Fsp3) is 0.100. The van der Waals surface area contributed by atoms with Gasteiger partial charge in [-0.1, -0.05) is 0 Å². The lowest BCUT2D eigenvalue weighted by molar-refractivity contribution is -0.110. The molecule has 3 heterocycles. The molecule has 1 aromatic heterocycles. The number of aromatic amines is 1. The quantitative estimate of drug-likeness (QED) is 0.571. The summed E-state index contributed by atoms with van der Waals surface area (Å²) >= 11 is 0. The Kier molecular flexibility index (Phi) is 1.70.